The zero-order valence-electron chi connectivity index (χ0n) is 10.6. The normalized spacial score (nSPS) is 11.6. The van der Waals surface area contributed by atoms with Gasteiger partial charge in [0.25, 0.3) is 15.7 Å². The van der Waals surface area contributed by atoms with Crippen LogP contribution in [-0.2, 0) is 10.0 Å². The molecule has 0 spiro atoms. The van der Waals surface area contributed by atoms with Crippen molar-refractivity contribution in [2.45, 2.75) is 4.90 Å². The first kappa shape index (κ1) is 13.3. The van der Waals surface area contributed by atoms with Crippen molar-refractivity contribution in [3.05, 3.63) is 64.8 Å². The van der Waals surface area contributed by atoms with E-state index in [2.05, 4.69) is 5.10 Å². The van der Waals surface area contributed by atoms with Crippen molar-refractivity contribution in [1.82, 2.24) is 9.19 Å². The zero-order valence-corrected chi connectivity index (χ0v) is 11.4. The third-order valence-corrected chi connectivity index (χ3v) is 4.63. The number of non-ortho nitro benzene ring substituents is 1. The Morgan fingerprint density at radius 1 is 1.05 bits per heavy atom. The van der Waals surface area contributed by atoms with Crippen LogP contribution in [0.25, 0.3) is 10.9 Å². The van der Waals surface area contributed by atoms with Gasteiger partial charge < -0.3 is 0 Å². The van der Waals surface area contributed by atoms with Gasteiger partial charge in [0.15, 0.2) is 0 Å². The molecule has 0 aliphatic rings. The fourth-order valence-corrected chi connectivity index (χ4v) is 3.26. The molecule has 7 nitrogen and oxygen atoms in total. The van der Waals surface area contributed by atoms with Crippen molar-refractivity contribution < 1.29 is 13.3 Å². The molecule has 0 bridgehead atoms. The summed E-state index contributed by atoms with van der Waals surface area (Å²) >= 11 is 0. The number of rotatable bonds is 3. The SMILES string of the molecule is O=[N+]([O-])c1ccc(S(=O)(=O)n2ncc3ccccc32)cc1. The lowest BCUT2D eigenvalue weighted by molar-refractivity contribution is -0.384. The molecular weight excluding hydrogens is 294 g/mol. The van der Waals surface area contributed by atoms with Gasteiger partial charge >= 0.3 is 0 Å². The lowest BCUT2D eigenvalue weighted by Gasteiger charge is -2.05. The second-order valence-electron chi connectivity index (χ2n) is 4.30. The Hall–Kier alpha value is -2.74. The second kappa shape index (κ2) is 4.67. The summed E-state index contributed by atoms with van der Waals surface area (Å²) in [4.78, 5) is 9.97. The molecule has 0 atom stereocenters. The van der Waals surface area contributed by atoms with Crippen LogP contribution in [0.4, 0.5) is 5.69 Å². The number of nitrogens with zero attached hydrogens (tertiary/aromatic N) is 3. The Bertz CT molecular complexity index is 929. The molecule has 0 aliphatic carbocycles. The minimum atomic E-state index is -3.88. The molecule has 3 aromatic rings. The summed E-state index contributed by atoms with van der Waals surface area (Å²) in [6.07, 6.45) is 1.46. The Kier molecular flexibility index (Phi) is 2.95. The molecule has 1 heterocycles. The quantitative estimate of drug-likeness (QED) is 0.546. The molecule has 21 heavy (non-hydrogen) atoms. The predicted molar refractivity (Wildman–Crippen MR) is 75.4 cm³/mol. The smallest absolute Gasteiger partial charge is 0.258 e. The van der Waals surface area contributed by atoms with Crippen LogP contribution in [0, 0.1) is 10.1 Å². The summed E-state index contributed by atoms with van der Waals surface area (Å²) in [5, 5.41) is 15.2. The van der Waals surface area contributed by atoms with E-state index in [4.69, 9.17) is 0 Å². The van der Waals surface area contributed by atoms with Gasteiger partial charge in [0.1, 0.15) is 0 Å². The van der Waals surface area contributed by atoms with Crippen LogP contribution in [-0.4, -0.2) is 22.5 Å². The van der Waals surface area contributed by atoms with E-state index in [-0.39, 0.29) is 10.6 Å². The van der Waals surface area contributed by atoms with Crippen LogP contribution in [0.15, 0.2) is 59.6 Å². The van der Waals surface area contributed by atoms with Crippen molar-refractivity contribution in [3.8, 4) is 0 Å². The van der Waals surface area contributed by atoms with Crippen LogP contribution in [0.1, 0.15) is 0 Å². The molecule has 3 rings (SSSR count). The molecule has 0 N–H and O–H groups in total. The van der Waals surface area contributed by atoms with Crippen molar-refractivity contribution in [1.29, 1.82) is 0 Å². The molecule has 8 heteroatoms. The van der Waals surface area contributed by atoms with E-state index >= 15 is 0 Å². The molecule has 106 valence electrons. The Morgan fingerprint density at radius 2 is 1.71 bits per heavy atom. The number of fused-ring (bicyclic) bond motifs is 1. The molecule has 0 saturated carbocycles. The first-order valence-electron chi connectivity index (χ1n) is 5.93. The van der Waals surface area contributed by atoms with Crippen molar-refractivity contribution >= 4 is 26.6 Å². The molecule has 2 aromatic carbocycles. The maximum atomic E-state index is 12.5. The molecule has 1 aromatic heterocycles. The lowest BCUT2D eigenvalue weighted by atomic mass is 10.3. The van der Waals surface area contributed by atoms with Gasteiger partial charge in [-0.3, -0.25) is 10.1 Å². The molecule has 0 saturated heterocycles. The molecule has 0 amide bonds. The third-order valence-electron chi connectivity index (χ3n) is 3.02. The third kappa shape index (κ3) is 2.15. The number of nitro groups is 1. The topological polar surface area (TPSA) is 95.1 Å². The van der Waals surface area contributed by atoms with Crippen LogP contribution in [0.3, 0.4) is 0 Å². The molecule has 0 radical (unpaired) electrons. The molecule has 0 aliphatic heterocycles. The highest BCUT2D eigenvalue weighted by atomic mass is 32.2. The minimum absolute atomic E-state index is 0.0537. The molecule has 0 fully saturated rings. The van der Waals surface area contributed by atoms with Gasteiger partial charge in [0.05, 0.1) is 21.5 Å². The van der Waals surface area contributed by atoms with Crippen molar-refractivity contribution in [2.75, 3.05) is 0 Å². The van der Waals surface area contributed by atoms with Gasteiger partial charge in [-0.25, -0.2) is 0 Å². The lowest BCUT2D eigenvalue weighted by Crippen LogP contribution is -2.14. The van der Waals surface area contributed by atoms with Crippen molar-refractivity contribution in [3.63, 3.8) is 0 Å². The first-order valence-corrected chi connectivity index (χ1v) is 7.37. The molecule has 0 unspecified atom stereocenters. The number of hydrogen-bond donors (Lipinski definition) is 0. The highest BCUT2D eigenvalue weighted by Crippen LogP contribution is 2.21. The van der Waals surface area contributed by atoms with Gasteiger partial charge in [-0.05, 0) is 18.2 Å². The van der Waals surface area contributed by atoms with E-state index in [0.717, 1.165) is 16.2 Å². The van der Waals surface area contributed by atoms with Crippen LogP contribution in [0.2, 0.25) is 0 Å². The monoisotopic (exact) mass is 303 g/mol. The summed E-state index contributed by atoms with van der Waals surface area (Å²) in [6.45, 7) is 0. The van der Waals surface area contributed by atoms with E-state index in [1.165, 1.54) is 18.3 Å². The van der Waals surface area contributed by atoms with Gasteiger partial charge in [0.2, 0.25) is 0 Å². The second-order valence-corrected chi connectivity index (χ2v) is 6.07. The van der Waals surface area contributed by atoms with Crippen molar-refractivity contribution in [2.24, 2.45) is 0 Å². The Morgan fingerprint density at radius 3 is 2.38 bits per heavy atom. The Labute approximate surface area is 119 Å². The first-order chi connectivity index (χ1) is 10.00. The van der Waals surface area contributed by atoms with E-state index in [9.17, 15) is 18.5 Å². The number of aromatic nitrogens is 2. The average molecular weight is 303 g/mol. The summed E-state index contributed by atoms with van der Waals surface area (Å²) in [5.41, 5.74) is 0.287. The standard InChI is InChI=1S/C13H9N3O4S/c17-16(18)11-5-7-12(8-6-11)21(19,20)15-13-4-2-1-3-10(13)9-14-15/h1-9H. The fourth-order valence-electron chi connectivity index (χ4n) is 1.98. The van der Waals surface area contributed by atoms with Gasteiger partial charge in [0, 0.05) is 17.5 Å². The number of benzene rings is 2. The largest absolute Gasteiger partial charge is 0.283 e. The average Bonchev–Trinajstić information content (AvgIpc) is 2.92. The highest BCUT2D eigenvalue weighted by Gasteiger charge is 2.21. The summed E-state index contributed by atoms with van der Waals surface area (Å²) in [7, 11) is -3.88. The van der Waals surface area contributed by atoms with E-state index in [1.54, 1.807) is 24.3 Å². The summed E-state index contributed by atoms with van der Waals surface area (Å²) in [5.74, 6) is 0. The van der Waals surface area contributed by atoms with Crippen LogP contribution >= 0.6 is 0 Å². The number of para-hydroxylation sites is 1. The molecular formula is C13H9N3O4S. The Balaban J connectivity index is 2.14. The predicted octanol–water partition coefficient (Wildman–Crippen LogP) is 2.18. The highest BCUT2D eigenvalue weighted by molar-refractivity contribution is 7.90. The number of nitro benzene ring substituents is 1. The maximum absolute atomic E-state index is 12.5. The van der Waals surface area contributed by atoms with E-state index < -0.39 is 14.9 Å². The zero-order chi connectivity index (χ0) is 15.0. The van der Waals surface area contributed by atoms with Crippen LogP contribution in [0.5, 0.6) is 0 Å². The van der Waals surface area contributed by atoms with E-state index in [1.807, 2.05) is 0 Å². The fraction of sp³-hybridized carbons (Fsp3) is 0. The van der Waals surface area contributed by atoms with Gasteiger partial charge in [-0.2, -0.15) is 17.6 Å². The van der Waals surface area contributed by atoms with Gasteiger partial charge in [-0.1, -0.05) is 18.2 Å². The maximum Gasteiger partial charge on any atom is 0.283 e. The van der Waals surface area contributed by atoms with Gasteiger partial charge in [-0.15, -0.1) is 0 Å². The number of hydrogen-bond acceptors (Lipinski definition) is 5. The van der Waals surface area contributed by atoms with E-state index in [0.29, 0.717) is 10.9 Å². The minimum Gasteiger partial charge on any atom is -0.258 e. The summed E-state index contributed by atoms with van der Waals surface area (Å²) < 4.78 is 26.0. The van der Waals surface area contributed by atoms with Crippen LogP contribution < -0.4 is 0 Å². The summed E-state index contributed by atoms with van der Waals surface area (Å²) in [6, 6.07) is 11.6.